The molecule has 0 aliphatic carbocycles. The third-order valence-corrected chi connectivity index (χ3v) is 2.15. The van der Waals surface area contributed by atoms with E-state index in [1.807, 2.05) is 0 Å². The number of hydrogen-bond acceptors (Lipinski definition) is 0. The minimum atomic E-state index is -0.231. The molecule has 0 heterocycles. The van der Waals surface area contributed by atoms with Gasteiger partial charge in [0.2, 0.25) is 0 Å². The van der Waals surface area contributed by atoms with Crippen molar-refractivity contribution in [3.63, 3.8) is 0 Å². The van der Waals surface area contributed by atoms with Gasteiger partial charge in [-0.05, 0) is 6.42 Å². The second-order valence-electron chi connectivity index (χ2n) is 2.22. The molecular weight excluding hydrogens is 119 g/mol. The van der Waals surface area contributed by atoms with E-state index in [1.54, 1.807) is 0 Å². The summed E-state index contributed by atoms with van der Waals surface area (Å²) >= 11 is 0. The van der Waals surface area contributed by atoms with Crippen molar-refractivity contribution in [2.45, 2.75) is 25.6 Å². The van der Waals surface area contributed by atoms with E-state index in [0.29, 0.717) is 6.42 Å². The van der Waals surface area contributed by atoms with Crippen molar-refractivity contribution in [2.75, 3.05) is 0 Å². The average Bonchev–Trinajstić information content (AvgIpc) is 1.61. The van der Waals surface area contributed by atoms with Gasteiger partial charge in [0.25, 0.3) is 0 Å². The molecule has 8 heavy (non-hydrogen) atoms. The molecule has 0 atom stereocenters. The standard InChI is InChI=1S/C6H12FSi/c1-6(7)4-5-8(2)3/h1,4-5H2,2-3H3. The fourth-order valence-corrected chi connectivity index (χ4v) is 1.16. The molecule has 0 aliphatic heterocycles. The van der Waals surface area contributed by atoms with E-state index in [1.165, 1.54) is 0 Å². The van der Waals surface area contributed by atoms with E-state index in [4.69, 9.17) is 0 Å². The van der Waals surface area contributed by atoms with Crippen LogP contribution in [0.4, 0.5) is 4.39 Å². The molecule has 0 unspecified atom stereocenters. The first kappa shape index (κ1) is 7.89. The topological polar surface area (TPSA) is 0 Å². The van der Waals surface area contributed by atoms with E-state index in [0.717, 1.165) is 6.04 Å². The lowest BCUT2D eigenvalue weighted by atomic mass is 10.5. The van der Waals surface area contributed by atoms with Crippen molar-refractivity contribution < 1.29 is 4.39 Å². The van der Waals surface area contributed by atoms with Crippen molar-refractivity contribution in [2.24, 2.45) is 0 Å². The van der Waals surface area contributed by atoms with Crippen LogP contribution in [0, 0.1) is 0 Å². The van der Waals surface area contributed by atoms with E-state index in [2.05, 4.69) is 19.7 Å². The van der Waals surface area contributed by atoms with E-state index in [9.17, 15) is 4.39 Å². The summed E-state index contributed by atoms with van der Waals surface area (Å²) in [5.41, 5.74) is 0. The Labute approximate surface area is 52.0 Å². The number of hydrogen-bond donors (Lipinski definition) is 0. The van der Waals surface area contributed by atoms with Gasteiger partial charge in [0.15, 0.2) is 0 Å². The summed E-state index contributed by atoms with van der Waals surface area (Å²) in [5.74, 6) is -0.170. The maximum Gasteiger partial charge on any atom is 0.0925 e. The highest BCUT2D eigenvalue weighted by molar-refractivity contribution is 6.55. The van der Waals surface area contributed by atoms with Gasteiger partial charge < -0.3 is 0 Å². The summed E-state index contributed by atoms with van der Waals surface area (Å²) in [7, 11) is -0.231. The molecule has 0 aromatic heterocycles. The van der Waals surface area contributed by atoms with Crippen LogP contribution in [-0.2, 0) is 0 Å². The van der Waals surface area contributed by atoms with Gasteiger partial charge in [-0.15, -0.1) is 0 Å². The Balaban J connectivity index is 3.05. The molecule has 2 heteroatoms. The molecule has 0 bridgehead atoms. The predicted molar refractivity (Wildman–Crippen MR) is 37.2 cm³/mol. The number of allylic oxidation sites excluding steroid dienone is 1. The summed E-state index contributed by atoms with van der Waals surface area (Å²) in [6.45, 7) is 7.53. The predicted octanol–water partition coefficient (Wildman–Crippen LogP) is 2.61. The Morgan fingerprint density at radius 2 is 2.12 bits per heavy atom. The van der Waals surface area contributed by atoms with E-state index in [-0.39, 0.29) is 14.6 Å². The molecule has 47 valence electrons. The summed E-state index contributed by atoms with van der Waals surface area (Å²) in [4.78, 5) is 0. The van der Waals surface area contributed by atoms with Crippen LogP contribution in [0.5, 0.6) is 0 Å². The Hall–Kier alpha value is -0.113. The molecule has 0 fully saturated rings. The van der Waals surface area contributed by atoms with Crippen LogP contribution >= 0.6 is 0 Å². The average molecular weight is 131 g/mol. The normalized spacial score (nSPS) is 10.0. The summed E-state index contributed by atoms with van der Waals surface area (Å²) < 4.78 is 11.9. The molecule has 0 spiro atoms. The van der Waals surface area contributed by atoms with Gasteiger partial charge in [0.1, 0.15) is 0 Å². The minimum absolute atomic E-state index is 0.170. The van der Waals surface area contributed by atoms with Crippen LogP contribution in [0.2, 0.25) is 19.1 Å². The third-order valence-electron chi connectivity index (χ3n) is 0.896. The molecular formula is C6H12FSi. The molecule has 0 nitrogen and oxygen atoms in total. The second-order valence-corrected chi connectivity index (χ2v) is 5.14. The Morgan fingerprint density at radius 3 is 2.25 bits per heavy atom. The van der Waals surface area contributed by atoms with Gasteiger partial charge in [0.05, 0.1) is 5.83 Å². The molecule has 0 saturated carbocycles. The van der Waals surface area contributed by atoms with Gasteiger partial charge in [-0.2, -0.15) is 0 Å². The van der Waals surface area contributed by atoms with Crippen molar-refractivity contribution >= 4 is 8.80 Å². The fourth-order valence-electron chi connectivity index (χ4n) is 0.386. The van der Waals surface area contributed by atoms with Crippen molar-refractivity contribution in [3.05, 3.63) is 12.4 Å². The molecule has 0 rings (SSSR count). The van der Waals surface area contributed by atoms with E-state index < -0.39 is 0 Å². The summed E-state index contributed by atoms with van der Waals surface area (Å²) in [5, 5.41) is 0. The lowest BCUT2D eigenvalue weighted by molar-refractivity contribution is 0.608. The number of rotatable bonds is 3. The zero-order chi connectivity index (χ0) is 6.57. The SMILES string of the molecule is C=C(F)CC[Si](C)C. The quantitative estimate of drug-likeness (QED) is 0.516. The van der Waals surface area contributed by atoms with Crippen LogP contribution in [0.3, 0.4) is 0 Å². The summed E-state index contributed by atoms with van der Waals surface area (Å²) in [6, 6.07) is 1.01. The maximum absolute atomic E-state index is 11.9. The Morgan fingerprint density at radius 1 is 1.62 bits per heavy atom. The van der Waals surface area contributed by atoms with Crippen LogP contribution in [0.25, 0.3) is 0 Å². The van der Waals surface area contributed by atoms with Crippen molar-refractivity contribution in [1.82, 2.24) is 0 Å². The smallest absolute Gasteiger partial charge is 0.0925 e. The van der Waals surface area contributed by atoms with Crippen molar-refractivity contribution in [3.8, 4) is 0 Å². The van der Waals surface area contributed by atoms with Crippen molar-refractivity contribution in [1.29, 1.82) is 0 Å². The minimum Gasteiger partial charge on any atom is -0.213 e. The Kier molecular flexibility index (Phi) is 3.78. The highest BCUT2D eigenvalue weighted by atomic mass is 28.3. The zero-order valence-electron chi connectivity index (χ0n) is 5.50. The molecule has 0 aromatic rings. The van der Waals surface area contributed by atoms with Gasteiger partial charge in [-0.1, -0.05) is 25.7 Å². The first-order valence-electron chi connectivity index (χ1n) is 2.75. The van der Waals surface area contributed by atoms with Gasteiger partial charge >= 0.3 is 0 Å². The molecule has 0 amide bonds. The van der Waals surface area contributed by atoms with Gasteiger partial charge in [0, 0.05) is 8.80 Å². The molecule has 0 aliphatic rings. The highest BCUT2D eigenvalue weighted by Crippen LogP contribution is 2.05. The molecule has 0 aromatic carbocycles. The Bertz CT molecular complexity index is 78.6. The maximum atomic E-state index is 11.9. The first-order chi connectivity index (χ1) is 3.63. The molecule has 0 N–H and O–H groups in total. The summed E-state index contributed by atoms with van der Waals surface area (Å²) in [6.07, 6.45) is 0.571. The number of halogens is 1. The van der Waals surface area contributed by atoms with Crippen LogP contribution in [0.1, 0.15) is 6.42 Å². The lowest BCUT2D eigenvalue weighted by Gasteiger charge is -1.97. The lowest BCUT2D eigenvalue weighted by Crippen LogP contribution is -1.97. The monoisotopic (exact) mass is 131 g/mol. The van der Waals surface area contributed by atoms with Gasteiger partial charge in [-0.3, -0.25) is 0 Å². The van der Waals surface area contributed by atoms with Crippen LogP contribution in [0.15, 0.2) is 12.4 Å². The van der Waals surface area contributed by atoms with E-state index >= 15 is 0 Å². The largest absolute Gasteiger partial charge is 0.213 e. The third kappa shape index (κ3) is 5.89. The first-order valence-corrected chi connectivity index (χ1v) is 5.46. The zero-order valence-corrected chi connectivity index (χ0v) is 6.50. The van der Waals surface area contributed by atoms with Crippen LogP contribution < -0.4 is 0 Å². The molecule has 0 saturated heterocycles. The fraction of sp³-hybridized carbons (Fsp3) is 0.667. The van der Waals surface area contributed by atoms with Crippen LogP contribution in [-0.4, -0.2) is 8.80 Å². The molecule has 1 radical (unpaired) electrons. The second kappa shape index (κ2) is 3.84. The highest BCUT2D eigenvalue weighted by Gasteiger charge is 1.96. The van der Waals surface area contributed by atoms with Gasteiger partial charge in [-0.25, -0.2) is 4.39 Å².